The van der Waals surface area contributed by atoms with E-state index in [2.05, 4.69) is 36.4 Å². The normalized spacial score (nSPS) is 12.1. The standard InChI is InChI=1S/C11H11BrN4O/c1-7(9-4-14-15-5-9)16-11(17)8-2-10(12)6-13-3-8/h2-7H,1H3,(H,14,15)(H,16,17). The molecule has 0 spiro atoms. The van der Waals surface area contributed by atoms with Gasteiger partial charge in [0.25, 0.3) is 5.91 Å². The number of nitrogens with zero attached hydrogens (tertiary/aromatic N) is 2. The van der Waals surface area contributed by atoms with Crippen LogP contribution in [0.5, 0.6) is 0 Å². The van der Waals surface area contributed by atoms with Gasteiger partial charge in [0, 0.05) is 28.6 Å². The fourth-order valence-corrected chi connectivity index (χ4v) is 1.76. The van der Waals surface area contributed by atoms with Crippen molar-refractivity contribution < 1.29 is 4.79 Å². The van der Waals surface area contributed by atoms with Gasteiger partial charge in [-0.2, -0.15) is 5.10 Å². The lowest BCUT2D eigenvalue weighted by atomic mass is 10.2. The molecule has 2 aromatic rings. The van der Waals surface area contributed by atoms with Gasteiger partial charge in [-0.05, 0) is 28.9 Å². The Morgan fingerprint density at radius 3 is 2.94 bits per heavy atom. The van der Waals surface area contributed by atoms with Crippen LogP contribution in [0.2, 0.25) is 0 Å². The van der Waals surface area contributed by atoms with Gasteiger partial charge in [0.15, 0.2) is 0 Å². The first-order valence-corrected chi connectivity index (χ1v) is 5.86. The van der Waals surface area contributed by atoms with Gasteiger partial charge in [0.1, 0.15) is 0 Å². The predicted molar refractivity (Wildman–Crippen MR) is 66.4 cm³/mol. The summed E-state index contributed by atoms with van der Waals surface area (Å²) in [6, 6.07) is 1.63. The first kappa shape index (κ1) is 11.8. The Labute approximate surface area is 107 Å². The van der Waals surface area contributed by atoms with Crippen LogP contribution >= 0.6 is 15.9 Å². The Kier molecular flexibility index (Phi) is 3.53. The van der Waals surface area contributed by atoms with E-state index >= 15 is 0 Å². The molecule has 2 rings (SSSR count). The minimum absolute atomic E-state index is 0.0970. The first-order valence-electron chi connectivity index (χ1n) is 5.07. The number of carbonyl (C=O) groups excluding carboxylic acids is 1. The van der Waals surface area contributed by atoms with Gasteiger partial charge in [-0.25, -0.2) is 0 Å². The van der Waals surface area contributed by atoms with Crippen LogP contribution in [0.3, 0.4) is 0 Å². The van der Waals surface area contributed by atoms with E-state index in [1.807, 2.05) is 6.92 Å². The van der Waals surface area contributed by atoms with E-state index in [1.54, 1.807) is 24.7 Å². The van der Waals surface area contributed by atoms with Crippen molar-refractivity contribution >= 4 is 21.8 Å². The Morgan fingerprint density at radius 1 is 1.47 bits per heavy atom. The molecule has 0 aromatic carbocycles. The van der Waals surface area contributed by atoms with Gasteiger partial charge in [-0.15, -0.1) is 0 Å². The summed E-state index contributed by atoms with van der Waals surface area (Å²) in [5.74, 6) is -0.160. The Morgan fingerprint density at radius 2 is 2.29 bits per heavy atom. The van der Waals surface area contributed by atoms with Gasteiger partial charge < -0.3 is 5.32 Å². The van der Waals surface area contributed by atoms with Gasteiger partial charge in [0.05, 0.1) is 17.8 Å². The average molecular weight is 295 g/mol. The zero-order chi connectivity index (χ0) is 12.3. The summed E-state index contributed by atoms with van der Waals surface area (Å²) in [4.78, 5) is 15.8. The molecule has 0 aliphatic heterocycles. The number of amides is 1. The lowest BCUT2D eigenvalue weighted by molar-refractivity contribution is 0.0939. The van der Waals surface area contributed by atoms with Gasteiger partial charge in [0.2, 0.25) is 0 Å². The van der Waals surface area contributed by atoms with Crippen molar-refractivity contribution in [2.75, 3.05) is 0 Å². The number of nitrogens with one attached hydrogen (secondary N) is 2. The lowest BCUT2D eigenvalue weighted by Gasteiger charge is -2.11. The summed E-state index contributed by atoms with van der Waals surface area (Å²) >= 11 is 3.28. The van der Waals surface area contributed by atoms with Crippen molar-refractivity contribution in [1.82, 2.24) is 20.5 Å². The van der Waals surface area contributed by atoms with E-state index < -0.39 is 0 Å². The molecule has 88 valence electrons. The number of rotatable bonds is 3. The molecule has 1 unspecified atom stereocenters. The van der Waals surface area contributed by atoms with E-state index in [1.165, 1.54) is 6.20 Å². The van der Waals surface area contributed by atoms with Crippen molar-refractivity contribution in [2.45, 2.75) is 13.0 Å². The van der Waals surface area contributed by atoms with Crippen LogP contribution < -0.4 is 5.32 Å². The zero-order valence-corrected chi connectivity index (χ0v) is 10.7. The Bertz CT molecular complexity index is 512. The molecular weight excluding hydrogens is 284 g/mol. The molecule has 6 heteroatoms. The van der Waals surface area contributed by atoms with Crippen molar-refractivity contribution in [3.05, 3.63) is 46.5 Å². The summed E-state index contributed by atoms with van der Waals surface area (Å²) in [5.41, 5.74) is 1.45. The van der Waals surface area contributed by atoms with Crippen LogP contribution in [-0.4, -0.2) is 21.1 Å². The zero-order valence-electron chi connectivity index (χ0n) is 9.14. The van der Waals surface area contributed by atoms with E-state index in [-0.39, 0.29) is 11.9 Å². The molecule has 17 heavy (non-hydrogen) atoms. The number of aromatic amines is 1. The molecule has 0 aliphatic carbocycles. The minimum atomic E-state index is -0.160. The van der Waals surface area contributed by atoms with Crippen molar-refractivity contribution in [3.63, 3.8) is 0 Å². The minimum Gasteiger partial charge on any atom is -0.345 e. The maximum Gasteiger partial charge on any atom is 0.253 e. The molecule has 0 bridgehead atoms. The third-order valence-corrected chi connectivity index (χ3v) is 2.77. The van der Waals surface area contributed by atoms with Crippen LogP contribution in [0.1, 0.15) is 28.9 Å². The van der Waals surface area contributed by atoms with Crippen LogP contribution in [0.4, 0.5) is 0 Å². The topological polar surface area (TPSA) is 70.7 Å². The summed E-state index contributed by atoms with van der Waals surface area (Å²) in [6.45, 7) is 1.90. The summed E-state index contributed by atoms with van der Waals surface area (Å²) in [7, 11) is 0. The van der Waals surface area contributed by atoms with E-state index in [0.717, 1.165) is 10.0 Å². The Hall–Kier alpha value is -1.69. The van der Waals surface area contributed by atoms with Gasteiger partial charge >= 0.3 is 0 Å². The smallest absolute Gasteiger partial charge is 0.253 e. The molecule has 2 N–H and O–H groups in total. The van der Waals surface area contributed by atoms with Crippen molar-refractivity contribution in [2.24, 2.45) is 0 Å². The van der Waals surface area contributed by atoms with Crippen molar-refractivity contribution in [3.8, 4) is 0 Å². The highest BCUT2D eigenvalue weighted by Crippen LogP contribution is 2.13. The highest BCUT2D eigenvalue weighted by atomic mass is 79.9. The second-order valence-electron chi connectivity index (χ2n) is 3.62. The van der Waals surface area contributed by atoms with E-state index in [0.29, 0.717) is 5.56 Å². The molecule has 0 radical (unpaired) electrons. The predicted octanol–water partition coefficient (Wildman–Crippen LogP) is 2.06. The Balaban J connectivity index is 2.07. The summed E-state index contributed by atoms with van der Waals surface area (Å²) < 4.78 is 0.779. The average Bonchev–Trinajstić information content (AvgIpc) is 2.82. The van der Waals surface area contributed by atoms with Crippen LogP contribution in [0, 0.1) is 0 Å². The van der Waals surface area contributed by atoms with E-state index in [4.69, 9.17) is 0 Å². The second kappa shape index (κ2) is 5.09. The quantitative estimate of drug-likeness (QED) is 0.910. The van der Waals surface area contributed by atoms with Crippen LogP contribution in [0.25, 0.3) is 0 Å². The van der Waals surface area contributed by atoms with Crippen LogP contribution in [-0.2, 0) is 0 Å². The second-order valence-corrected chi connectivity index (χ2v) is 4.53. The molecule has 1 amide bonds. The highest BCUT2D eigenvalue weighted by molar-refractivity contribution is 9.10. The maximum absolute atomic E-state index is 11.9. The molecule has 5 nitrogen and oxygen atoms in total. The van der Waals surface area contributed by atoms with Gasteiger partial charge in [-0.1, -0.05) is 0 Å². The number of aromatic nitrogens is 3. The summed E-state index contributed by atoms with van der Waals surface area (Å²) in [6.07, 6.45) is 6.60. The first-order chi connectivity index (χ1) is 8.16. The number of hydrogen-bond donors (Lipinski definition) is 2. The van der Waals surface area contributed by atoms with E-state index in [9.17, 15) is 4.79 Å². The maximum atomic E-state index is 11.9. The molecule has 2 heterocycles. The number of H-pyrrole nitrogens is 1. The number of pyridine rings is 1. The lowest BCUT2D eigenvalue weighted by Crippen LogP contribution is -2.26. The molecular formula is C11H11BrN4O. The number of hydrogen-bond acceptors (Lipinski definition) is 3. The molecule has 0 fully saturated rings. The molecule has 1 atom stereocenters. The SMILES string of the molecule is CC(NC(=O)c1cncc(Br)c1)c1cn[nH]c1. The van der Waals surface area contributed by atoms with Gasteiger partial charge in [-0.3, -0.25) is 14.9 Å². The third kappa shape index (κ3) is 2.91. The monoisotopic (exact) mass is 294 g/mol. The summed E-state index contributed by atoms with van der Waals surface area (Å²) in [5, 5.41) is 9.42. The molecule has 0 saturated carbocycles. The fraction of sp³-hybridized carbons (Fsp3) is 0.182. The van der Waals surface area contributed by atoms with Crippen LogP contribution in [0.15, 0.2) is 35.3 Å². The largest absolute Gasteiger partial charge is 0.345 e. The molecule has 0 aliphatic rings. The molecule has 0 saturated heterocycles. The molecule has 2 aromatic heterocycles. The van der Waals surface area contributed by atoms with Crippen molar-refractivity contribution in [1.29, 1.82) is 0 Å². The number of halogens is 1. The third-order valence-electron chi connectivity index (χ3n) is 2.33. The fourth-order valence-electron chi connectivity index (χ4n) is 1.40. The highest BCUT2D eigenvalue weighted by Gasteiger charge is 2.12. The number of carbonyl (C=O) groups is 1.